The topological polar surface area (TPSA) is 52.3 Å². The Morgan fingerprint density at radius 2 is 2.36 bits per heavy atom. The van der Waals surface area contributed by atoms with Gasteiger partial charge in [0, 0.05) is 4.47 Å². The molecular weight excluding hydrogens is 246 g/mol. The second-order valence-electron chi connectivity index (χ2n) is 2.96. The van der Waals surface area contributed by atoms with Gasteiger partial charge < -0.3 is 10.5 Å². The molecule has 0 saturated carbocycles. The van der Waals surface area contributed by atoms with Crippen molar-refractivity contribution >= 4 is 21.9 Å². The van der Waals surface area contributed by atoms with Crippen LogP contribution < -0.4 is 5.73 Å². The number of halogens is 1. The van der Waals surface area contributed by atoms with Crippen molar-refractivity contribution in [3.8, 4) is 0 Å². The zero-order valence-electron chi connectivity index (χ0n) is 7.87. The predicted octanol–water partition coefficient (Wildman–Crippen LogP) is 1.49. The van der Waals surface area contributed by atoms with E-state index in [2.05, 4.69) is 20.7 Å². The van der Waals surface area contributed by atoms with E-state index >= 15 is 0 Å². The van der Waals surface area contributed by atoms with E-state index in [1.807, 2.05) is 24.3 Å². The second-order valence-corrected chi connectivity index (χ2v) is 3.88. The lowest BCUT2D eigenvalue weighted by molar-refractivity contribution is -0.142. The molecule has 1 aromatic rings. The monoisotopic (exact) mass is 257 g/mol. The van der Waals surface area contributed by atoms with E-state index in [9.17, 15) is 4.79 Å². The van der Waals surface area contributed by atoms with Crippen LogP contribution in [0.2, 0.25) is 0 Å². The van der Waals surface area contributed by atoms with Crippen LogP contribution in [0, 0.1) is 0 Å². The number of hydrogen-bond donors (Lipinski definition) is 1. The molecule has 14 heavy (non-hydrogen) atoms. The Morgan fingerprint density at radius 3 is 2.93 bits per heavy atom. The van der Waals surface area contributed by atoms with E-state index in [0.29, 0.717) is 6.42 Å². The van der Waals surface area contributed by atoms with Gasteiger partial charge in [-0.05, 0) is 24.1 Å². The fourth-order valence-electron chi connectivity index (χ4n) is 1.15. The van der Waals surface area contributed by atoms with Crippen LogP contribution in [0.1, 0.15) is 5.56 Å². The number of nitrogens with two attached hydrogens (primary N) is 1. The number of methoxy groups -OCH3 is 1. The van der Waals surface area contributed by atoms with Crippen LogP contribution in [0.5, 0.6) is 0 Å². The quantitative estimate of drug-likeness (QED) is 0.836. The molecule has 0 aliphatic heterocycles. The van der Waals surface area contributed by atoms with Crippen molar-refractivity contribution in [1.29, 1.82) is 0 Å². The summed E-state index contributed by atoms with van der Waals surface area (Å²) < 4.78 is 5.52. The van der Waals surface area contributed by atoms with Crippen LogP contribution in [0.3, 0.4) is 0 Å². The molecule has 0 bridgehead atoms. The molecule has 1 unspecified atom stereocenters. The highest BCUT2D eigenvalue weighted by molar-refractivity contribution is 9.10. The van der Waals surface area contributed by atoms with Gasteiger partial charge in [0.05, 0.1) is 7.11 Å². The summed E-state index contributed by atoms with van der Waals surface area (Å²) in [5.74, 6) is -0.384. The van der Waals surface area contributed by atoms with Crippen LogP contribution >= 0.6 is 15.9 Å². The lowest BCUT2D eigenvalue weighted by Gasteiger charge is -2.08. The van der Waals surface area contributed by atoms with Gasteiger partial charge in [-0.2, -0.15) is 0 Å². The minimum absolute atomic E-state index is 0.384. The van der Waals surface area contributed by atoms with Gasteiger partial charge >= 0.3 is 5.97 Å². The normalized spacial score (nSPS) is 12.2. The maximum atomic E-state index is 11.0. The molecule has 76 valence electrons. The summed E-state index contributed by atoms with van der Waals surface area (Å²) in [6, 6.07) is 7.10. The minimum atomic E-state index is -0.589. The van der Waals surface area contributed by atoms with Gasteiger partial charge in [0.25, 0.3) is 0 Å². The maximum absolute atomic E-state index is 11.0. The molecule has 0 amide bonds. The first-order valence-electron chi connectivity index (χ1n) is 4.21. The molecular formula is C10H12BrNO2. The molecule has 0 saturated heterocycles. The second kappa shape index (κ2) is 5.12. The molecule has 2 N–H and O–H groups in total. The van der Waals surface area contributed by atoms with Gasteiger partial charge in [0.2, 0.25) is 0 Å². The SMILES string of the molecule is COC(=O)C(N)Cc1cccc(Br)c1. The van der Waals surface area contributed by atoms with Crippen LogP contribution in [0.15, 0.2) is 28.7 Å². The molecule has 0 heterocycles. The van der Waals surface area contributed by atoms with Gasteiger partial charge in [-0.25, -0.2) is 0 Å². The molecule has 0 aromatic heterocycles. The smallest absolute Gasteiger partial charge is 0.322 e. The Labute approximate surface area is 91.4 Å². The van der Waals surface area contributed by atoms with Gasteiger partial charge in [0.15, 0.2) is 0 Å². The van der Waals surface area contributed by atoms with Gasteiger partial charge in [-0.3, -0.25) is 4.79 Å². The van der Waals surface area contributed by atoms with Crippen molar-refractivity contribution in [2.45, 2.75) is 12.5 Å². The molecule has 1 rings (SSSR count). The Balaban J connectivity index is 2.64. The molecule has 1 atom stereocenters. The first-order valence-corrected chi connectivity index (χ1v) is 5.00. The first-order chi connectivity index (χ1) is 6.63. The number of benzene rings is 1. The zero-order valence-corrected chi connectivity index (χ0v) is 9.45. The predicted molar refractivity (Wildman–Crippen MR) is 57.8 cm³/mol. The van der Waals surface area contributed by atoms with Crippen molar-refractivity contribution in [1.82, 2.24) is 0 Å². The molecule has 0 radical (unpaired) electrons. The number of ether oxygens (including phenoxy) is 1. The lowest BCUT2D eigenvalue weighted by Crippen LogP contribution is -2.33. The molecule has 0 fully saturated rings. The summed E-state index contributed by atoms with van der Waals surface area (Å²) in [5, 5.41) is 0. The summed E-state index contributed by atoms with van der Waals surface area (Å²) >= 11 is 3.35. The highest BCUT2D eigenvalue weighted by Gasteiger charge is 2.13. The Bertz CT molecular complexity index is 328. The van der Waals surface area contributed by atoms with Gasteiger partial charge in [-0.15, -0.1) is 0 Å². The summed E-state index contributed by atoms with van der Waals surface area (Å²) in [4.78, 5) is 11.0. The summed E-state index contributed by atoms with van der Waals surface area (Å²) in [6.45, 7) is 0. The number of hydrogen-bond acceptors (Lipinski definition) is 3. The van der Waals surface area contributed by atoms with Crippen LogP contribution in [-0.2, 0) is 16.0 Å². The van der Waals surface area contributed by atoms with Crippen molar-refractivity contribution < 1.29 is 9.53 Å². The third-order valence-corrected chi connectivity index (χ3v) is 2.34. The summed E-state index contributed by atoms with van der Waals surface area (Å²) in [6.07, 6.45) is 0.492. The van der Waals surface area contributed by atoms with Crippen molar-refractivity contribution in [3.63, 3.8) is 0 Å². The lowest BCUT2D eigenvalue weighted by atomic mass is 10.1. The standard InChI is InChI=1S/C10H12BrNO2/c1-14-10(13)9(12)6-7-3-2-4-8(11)5-7/h2-5,9H,6,12H2,1H3. The third kappa shape index (κ3) is 3.12. The molecule has 0 aliphatic carbocycles. The average molecular weight is 258 g/mol. The number of rotatable bonds is 3. The van der Waals surface area contributed by atoms with E-state index in [0.717, 1.165) is 10.0 Å². The molecule has 1 aromatic carbocycles. The van der Waals surface area contributed by atoms with Crippen molar-refractivity contribution in [3.05, 3.63) is 34.3 Å². The van der Waals surface area contributed by atoms with Gasteiger partial charge in [-0.1, -0.05) is 28.1 Å². The largest absolute Gasteiger partial charge is 0.468 e. The van der Waals surface area contributed by atoms with Crippen molar-refractivity contribution in [2.75, 3.05) is 7.11 Å². The maximum Gasteiger partial charge on any atom is 0.322 e. The van der Waals surface area contributed by atoms with E-state index in [-0.39, 0.29) is 5.97 Å². The van der Waals surface area contributed by atoms with Gasteiger partial charge in [0.1, 0.15) is 6.04 Å². The Morgan fingerprint density at radius 1 is 1.64 bits per heavy atom. The van der Waals surface area contributed by atoms with Crippen molar-refractivity contribution in [2.24, 2.45) is 5.73 Å². The molecule has 3 nitrogen and oxygen atoms in total. The summed E-state index contributed by atoms with van der Waals surface area (Å²) in [7, 11) is 1.34. The molecule has 4 heteroatoms. The third-order valence-electron chi connectivity index (χ3n) is 1.85. The summed E-state index contributed by atoms with van der Waals surface area (Å²) in [5.41, 5.74) is 6.63. The van der Waals surface area contributed by atoms with E-state index in [1.165, 1.54) is 7.11 Å². The first kappa shape index (κ1) is 11.2. The number of carbonyl (C=O) groups is 1. The van der Waals surface area contributed by atoms with Crippen LogP contribution in [-0.4, -0.2) is 19.1 Å². The molecule has 0 spiro atoms. The highest BCUT2D eigenvalue weighted by atomic mass is 79.9. The van der Waals surface area contributed by atoms with E-state index < -0.39 is 6.04 Å². The Hall–Kier alpha value is -0.870. The average Bonchev–Trinajstić information content (AvgIpc) is 2.16. The van der Waals surface area contributed by atoms with E-state index in [1.54, 1.807) is 0 Å². The number of carbonyl (C=O) groups excluding carboxylic acids is 1. The Kier molecular flexibility index (Phi) is 4.10. The number of esters is 1. The van der Waals surface area contributed by atoms with E-state index in [4.69, 9.17) is 5.73 Å². The fourth-order valence-corrected chi connectivity index (χ4v) is 1.60. The highest BCUT2D eigenvalue weighted by Crippen LogP contribution is 2.12. The molecule has 0 aliphatic rings. The van der Waals surface area contributed by atoms with Crippen LogP contribution in [0.25, 0.3) is 0 Å². The zero-order chi connectivity index (χ0) is 10.6. The van der Waals surface area contributed by atoms with Crippen LogP contribution in [0.4, 0.5) is 0 Å². The minimum Gasteiger partial charge on any atom is -0.468 e. The fraction of sp³-hybridized carbons (Fsp3) is 0.300.